The highest BCUT2D eigenvalue weighted by Crippen LogP contribution is 2.46. The molecule has 1 saturated heterocycles. The van der Waals surface area contributed by atoms with Gasteiger partial charge in [-0.2, -0.15) is 0 Å². The molecule has 2 saturated carbocycles. The van der Waals surface area contributed by atoms with Gasteiger partial charge in [0.15, 0.2) is 0 Å². The second kappa shape index (κ2) is 5.75. The smallest absolute Gasteiger partial charge is 0.312 e. The number of carbonyl (C=O) groups is 1. The molecule has 118 valence electrons. The minimum atomic E-state index is -0.335. The maximum Gasteiger partial charge on any atom is 0.312 e. The molecule has 0 spiro atoms. The van der Waals surface area contributed by atoms with Gasteiger partial charge in [0, 0.05) is 5.92 Å². The summed E-state index contributed by atoms with van der Waals surface area (Å²) < 4.78 is 11.9. The highest BCUT2D eigenvalue weighted by atomic mass is 16.7. The van der Waals surface area contributed by atoms with Crippen LogP contribution in [0.25, 0.3) is 0 Å². The largest absolute Gasteiger partial charge is 0.435 e. The van der Waals surface area contributed by atoms with Crippen molar-refractivity contribution in [1.82, 2.24) is 0 Å². The van der Waals surface area contributed by atoms with Crippen LogP contribution in [0.1, 0.15) is 52.9 Å². The Hall–Kier alpha value is -0.830. The molecule has 0 bridgehead atoms. The first-order chi connectivity index (χ1) is 9.95. The zero-order valence-electron chi connectivity index (χ0n) is 13.5. The molecule has 3 rings (SSSR count). The fraction of sp³-hybridized carbons (Fsp3) is 0.833. The minimum Gasteiger partial charge on any atom is -0.435 e. The first-order valence-electron chi connectivity index (χ1n) is 8.48. The van der Waals surface area contributed by atoms with Crippen molar-refractivity contribution in [2.45, 2.75) is 65.3 Å². The van der Waals surface area contributed by atoms with Gasteiger partial charge in [0.05, 0.1) is 12.0 Å². The molecular weight excluding hydrogens is 264 g/mol. The van der Waals surface area contributed by atoms with E-state index >= 15 is 0 Å². The number of ether oxygens (including phenoxy) is 2. The Balaban J connectivity index is 1.69. The van der Waals surface area contributed by atoms with Crippen LogP contribution >= 0.6 is 0 Å². The molecule has 0 N–H and O–H groups in total. The third kappa shape index (κ3) is 2.90. The van der Waals surface area contributed by atoms with E-state index in [4.69, 9.17) is 9.47 Å². The standard InChI is InChI=1S/C18H28O3/c1-10(2)13-6-5-11(3)9-16(13)20-18-15-8-12(4)7-14(15)17(19)21-18/h10-11,13-16,18H,4-9H2,1-3H3. The Kier molecular flexibility index (Phi) is 4.13. The van der Waals surface area contributed by atoms with Gasteiger partial charge in [0.25, 0.3) is 0 Å². The van der Waals surface area contributed by atoms with Crippen LogP contribution < -0.4 is 0 Å². The van der Waals surface area contributed by atoms with E-state index < -0.39 is 0 Å². The van der Waals surface area contributed by atoms with Gasteiger partial charge < -0.3 is 9.47 Å². The molecule has 0 aromatic heterocycles. The highest BCUT2D eigenvalue weighted by molar-refractivity contribution is 5.76. The van der Waals surface area contributed by atoms with Crippen molar-refractivity contribution in [2.24, 2.45) is 29.6 Å². The number of esters is 1. The van der Waals surface area contributed by atoms with Crippen molar-refractivity contribution >= 4 is 5.97 Å². The first-order valence-corrected chi connectivity index (χ1v) is 8.48. The maximum atomic E-state index is 12.0. The average molecular weight is 292 g/mol. The van der Waals surface area contributed by atoms with Gasteiger partial charge in [0.1, 0.15) is 0 Å². The fourth-order valence-electron chi connectivity index (χ4n) is 4.43. The lowest BCUT2D eigenvalue weighted by Crippen LogP contribution is -2.38. The summed E-state index contributed by atoms with van der Waals surface area (Å²) in [4.78, 5) is 12.0. The van der Waals surface area contributed by atoms with Gasteiger partial charge in [-0.15, -0.1) is 0 Å². The Morgan fingerprint density at radius 1 is 1.29 bits per heavy atom. The number of cyclic esters (lactones) is 1. The fourth-order valence-corrected chi connectivity index (χ4v) is 4.43. The van der Waals surface area contributed by atoms with E-state index in [0.29, 0.717) is 17.8 Å². The van der Waals surface area contributed by atoms with Crippen molar-refractivity contribution < 1.29 is 14.3 Å². The van der Waals surface area contributed by atoms with Gasteiger partial charge in [-0.05, 0) is 43.4 Å². The molecule has 0 amide bonds. The molecule has 0 aromatic carbocycles. The van der Waals surface area contributed by atoms with Crippen molar-refractivity contribution in [2.75, 3.05) is 0 Å². The third-order valence-electron chi connectivity index (χ3n) is 5.70. The van der Waals surface area contributed by atoms with Crippen LogP contribution in [-0.2, 0) is 14.3 Å². The summed E-state index contributed by atoms with van der Waals surface area (Å²) in [6, 6.07) is 0. The van der Waals surface area contributed by atoms with Gasteiger partial charge in [-0.3, -0.25) is 4.79 Å². The number of rotatable bonds is 3. The molecule has 6 unspecified atom stereocenters. The van der Waals surface area contributed by atoms with Gasteiger partial charge in [-0.1, -0.05) is 39.3 Å². The second-order valence-electron chi connectivity index (χ2n) is 7.73. The Labute approximate surface area is 128 Å². The van der Waals surface area contributed by atoms with Gasteiger partial charge in [0.2, 0.25) is 6.29 Å². The number of hydrogen-bond donors (Lipinski definition) is 0. The highest BCUT2D eigenvalue weighted by Gasteiger charge is 2.50. The minimum absolute atomic E-state index is 0.000939. The summed E-state index contributed by atoms with van der Waals surface area (Å²) in [7, 11) is 0. The molecule has 1 heterocycles. The summed E-state index contributed by atoms with van der Waals surface area (Å²) in [5.74, 6) is 2.04. The van der Waals surface area contributed by atoms with Crippen LogP contribution in [0.4, 0.5) is 0 Å². The lowest BCUT2D eigenvalue weighted by Gasteiger charge is -2.38. The predicted molar refractivity (Wildman–Crippen MR) is 81.5 cm³/mol. The summed E-state index contributed by atoms with van der Waals surface area (Å²) in [5.41, 5.74) is 1.17. The molecule has 21 heavy (non-hydrogen) atoms. The normalized spacial score (nSPS) is 43.2. The summed E-state index contributed by atoms with van der Waals surface area (Å²) >= 11 is 0. The molecule has 0 radical (unpaired) electrons. The van der Waals surface area contributed by atoms with E-state index in [2.05, 4.69) is 27.4 Å². The number of carbonyl (C=O) groups excluding carboxylic acids is 1. The van der Waals surface area contributed by atoms with Crippen LogP contribution in [0.3, 0.4) is 0 Å². The Morgan fingerprint density at radius 2 is 2.05 bits per heavy atom. The molecule has 2 aliphatic carbocycles. The average Bonchev–Trinajstić information content (AvgIpc) is 2.90. The van der Waals surface area contributed by atoms with Crippen molar-refractivity contribution in [1.29, 1.82) is 0 Å². The molecule has 1 aliphatic heterocycles. The van der Waals surface area contributed by atoms with Gasteiger partial charge in [-0.25, -0.2) is 0 Å². The second-order valence-corrected chi connectivity index (χ2v) is 7.73. The van der Waals surface area contributed by atoms with Crippen molar-refractivity contribution in [3.05, 3.63) is 12.2 Å². The molecule has 6 atom stereocenters. The molecular formula is C18H28O3. The molecule has 3 fully saturated rings. The Morgan fingerprint density at radius 3 is 2.76 bits per heavy atom. The third-order valence-corrected chi connectivity index (χ3v) is 5.70. The van der Waals surface area contributed by atoms with E-state index in [1.165, 1.54) is 18.4 Å². The van der Waals surface area contributed by atoms with Crippen LogP contribution in [-0.4, -0.2) is 18.4 Å². The number of fused-ring (bicyclic) bond motifs is 1. The molecule has 3 heteroatoms. The SMILES string of the molecule is C=C1CC2C(=O)OC(OC3CC(C)CCC3C(C)C)C2C1. The Bertz CT molecular complexity index is 428. The molecule has 0 aromatic rings. The maximum absolute atomic E-state index is 12.0. The number of allylic oxidation sites excluding steroid dienone is 1. The van der Waals surface area contributed by atoms with E-state index in [-0.39, 0.29) is 30.2 Å². The van der Waals surface area contributed by atoms with E-state index in [9.17, 15) is 4.79 Å². The van der Waals surface area contributed by atoms with Crippen molar-refractivity contribution in [3.8, 4) is 0 Å². The predicted octanol–water partition coefficient (Wildman–Crippen LogP) is 3.93. The van der Waals surface area contributed by atoms with E-state index in [1.54, 1.807) is 0 Å². The summed E-state index contributed by atoms with van der Waals surface area (Å²) in [5, 5.41) is 0. The number of hydrogen-bond acceptors (Lipinski definition) is 3. The monoisotopic (exact) mass is 292 g/mol. The van der Waals surface area contributed by atoms with Crippen molar-refractivity contribution in [3.63, 3.8) is 0 Å². The van der Waals surface area contributed by atoms with Crippen LogP contribution in [0.15, 0.2) is 12.2 Å². The molecule has 3 aliphatic rings. The lowest BCUT2D eigenvalue weighted by molar-refractivity contribution is -0.195. The van der Waals surface area contributed by atoms with Gasteiger partial charge >= 0.3 is 5.97 Å². The van der Waals surface area contributed by atoms with Crippen LogP contribution in [0.2, 0.25) is 0 Å². The quantitative estimate of drug-likeness (QED) is 0.584. The summed E-state index contributed by atoms with van der Waals surface area (Å²) in [6.45, 7) is 10.9. The lowest BCUT2D eigenvalue weighted by atomic mass is 9.75. The molecule has 3 nitrogen and oxygen atoms in total. The van der Waals surface area contributed by atoms with E-state index in [1.807, 2.05) is 0 Å². The van der Waals surface area contributed by atoms with Crippen LogP contribution in [0, 0.1) is 29.6 Å². The van der Waals surface area contributed by atoms with Crippen LogP contribution in [0.5, 0.6) is 0 Å². The summed E-state index contributed by atoms with van der Waals surface area (Å²) in [6.07, 6.45) is 5.18. The zero-order chi connectivity index (χ0) is 15.1. The van der Waals surface area contributed by atoms with E-state index in [0.717, 1.165) is 19.3 Å². The first kappa shape index (κ1) is 15.1. The zero-order valence-corrected chi connectivity index (χ0v) is 13.5. The topological polar surface area (TPSA) is 35.5 Å².